The molecule has 0 saturated carbocycles. The zero-order valence-corrected chi connectivity index (χ0v) is 20.8. The Morgan fingerprint density at radius 3 is 2.44 bits per heavy atom. The van der Waals surface area contributed by atoms with Crippen LogP contribution in [0.1, 0.15) is 27.8 Å². The first kappa shape index (κ1) is 24.9. The molecule has 1 fully saturated rings. The number of anilines is 1. The zero-order valence-electron chi connectivity index (χ0n) is 20.0. The standard InChI is InChI=1S/C29H25ClN2O4/c1-4-5-22-14-21(11-13-26(22)36-17-20-9-6-18(2)7-10-20)15-24-27(33)31-29(35)32(28(24)34)23-12-8-19(3)25(30)16-23/h4,6-16H,1,5,17H2,2-3H3,(H,31,33,35)/b24-15-. The van der Waals surface area contributed by atoms with Crippen molar-refractivity contribution < 1.29 is 19.1 Å². The van der Waals surface area contributed by atoms with Gasteiger partial charge in [-0.25, -0.2) is 9.69 Å². The van der Waals surface area contributed by atoms with Crippen molar-refractivity contribution in [3.8, 4) is 5.75 Å². The summed E-state index contributed by atoms with van der Waals surface area (Å²) in [6.45, 7) is 8.06. The van der Waals surface area contributed by atoms with E-state index in [0.29, 0.717) is 29.4 Å². The first-order chi connectivity index (χ1) is 17.3. The third-order valence-corrected chi connectivity index (χ3v) is 6.20. The highest BCUT2D eigenvalue weighted by atomic mass is 35.5. The molecule has 1 aliphatic heterocycles. The van der Waals surface area contributed by atoms with E-state index in [4.69, 9.17) is 16.3 Å². The molecule has 0 unspecified atom stereocenters. The molecule has 1 heterocycles. The van der Waals surface area contributed by atoms with Crippen LogP contribution < -0.4 is 15.0 Å². The van der Waals surface area contributed by atoms with E-state index in [1.807, 2.05) is 44.2 Å². The molecule has 0 bridgehead atoms. The third-order valence-electron chi connectivity index (χ3n) is 5.79. The Hall–Kier alpha value is -4.16. The summed E-state index contributed by atoms with van der Waals surface area (Å²) in [7, 11) is 0. The molecule has 3 aromatic rings. The minimum Gasteiger partial charge on any atom is -0.489 e. The summed E-state index contributed by atoms with van der Waals surface area (Å²) in [6.07, 6.45) is 3.75. The molecule has 36 heavy (non-hydrogen) atoms. The number of amides is 4. The number of nitrogens with one attached hydrogen (secondary N) is 1. The molecule has 1 saturated heterocycles. The van der Waals surface area contributed by atoms with Crippen molar-refractivity contribution in [1.82, 2.24) is 5.32 Å². The minimum atomic E-state index is -0.825. The number of imide groups is 2. The molecule has 6 nitrogen and oxygen atoms in total. The van der Waals surface area contributed by atoms with Crippen LogP contribution in [0.5, 0.6) is 5.75 Å². The van der Waals surface area contributed by atoms with Crippen LogP contribution in [0, 0.1) is 13.8 Å². The molecule has 0 atom stereocenters. The van der Waals surface area contributed by atoms with Crippen molar-refractivity contribution in [3.05, 3.63) is 112 Å². The lowest BCUT2D eigenvalue weighted by Crippen LogP contribution is -2.54. The van der Waals surface area contributed by atoms with Crippen molar-refractivity contribution in [2.24, 2.45) is 0 Å². The number of allylic oxidation sites excluding steroid dienone is 1. The maximum atomic E-state index is 13.2. The number of carbonyl (C=O) groups is 3. The molecule has 1 aliphatic rings. The normalized spacial score (nSPS) is 14.7. The van der Waals surface area contributed by atoms with E-state index in [1.54, 1.807) is 30.3 Å². The fraction of sp³-hybridized carbons (Fsp3) is 0.138. The highest BCUT2D eigenvalue weighted by Gasteiger charge is 2.37. The van der Waals surface area contributed by atoms with Gasteiger partial charge in [-0.15, -0.1) is 6.58 Å². The van der Waals surface area contributed by atoms with Gasteiger partial charge in [0, 0.05) is 5.02 Å². The number of halogens is 1. The summed E-state index contributed by atoms with van der Waals surface area (Å²) in [6, 6.07) is 17.5. The smallest absolute Gasteiger partial charge is 0.335 e. The van der Waals surface area contributed by atoms with E-state index in [2.05, 4.69) is 11.9 Å². The summed E-state index contributed by atoms with van der Waals surface area (Å²) in [5, 5.41) is 2.64. The Balaban J connectivity index is 1.62. The van der Waals surface area contributed by atoms with Gasteiger partial charge in [-0.2, -0.15) is 0 Å². The lowest BCUT2D eigenvalue weighted by atomic mass is 10.0. The number of aryl methyl sites for hydroxylation is 2. The van der Waals surface area contributed by atoms with Gasteiger partial charge < -0.3 is 4.74 Å². The molecule has 182 valence electrons. The monoisotopic (exact) mass is 500 g/mol. The Bertz CT molecular complexity index is 1390. The van der Waals surface area contributed by atoms with Crippen LogP contribution >= 0.6 is 11.6 Å². The van der Waals surface area contributed by atoms with Crippen LogP contribution in [0.2, 0.25) is 5.02 Å². The number of nitrogens with zero attached hydrogens (tertiary/aromatic N) is 1. The van der Waals surface area contributed by atoms with Gasteiger partial charge in [-0.1, -0.05) is 59.6 Å². The van der Waals surface area contributed by atoms with E-state index in [0.717, 1.165) is 21.6 Å². The maximum absolute atomic E-state index is 13.2. The first-order valence-corrected chi connectivity index (χ1v) is 11.7. The molecular formula is C29H25ClN2O4. The lowest BCUT2D eigenvalue weighted by molar-refractivity contribution is -0.122. The number of urea groups is 1. The van der Waals surface area contributed by atoms with Crippen LogP contribution in [0.4, 0.5) is 10.5 Å². The lowest BCUT2D eigenvalue weighted by Gasteiger charge is -2.26. The SMILES string of the molecule is C=CCc1cc(/C=C2/C(=O)NC(=O)N(c3ccc(C)c(Cl)c3)C2=O)ccc1OCc1ccc(C)cc1. The summed E-state index contributed by atoms with van der Waals surface area (Å²) in [5.74, 6) is -0.804. The van der Waals surface area contributed by atoms with Gasteiger partial charge in [0.05, 0.1) is 5.69 Å². The van der Waals surface area contributed by atoms with Gasteiger partial charge in [-0.3, -0.25) is 14.9 Å². The Labute approximate surface area is 214 Å². The van der Waals surface area contributed by atoms with Gasteiger partial charge in [0.15, 0.2) is 0 Å². The average Bonchev–Trinajstić information content (AvgIpc) is 2.84. The van der Waals surface area contributed by atoms with E-state index < -0.39 is 17.8 Å². The largest absolute Gasteiger partial charge is 0.489 e. The second kappa shape index (κ2) is 10.6. The molecule has 0 aliphatic carbocycles. The van der Waals surface area contributed by atoms with Gasteiger partial charge in [0.1, 0.15) is 17.9 Å². The summed E-state index contributed by atoms with van der Waals surface area (Å²) >= 11 is 6.19. The fourth-order valence-corrected chi connectivity index (χ4v) is 3.94. The molecule has 0 aromatic heterocycles. The van der Waals surface area contributed by atoms with Crippen LogP contribution in [0.15, 0.2) is 78.9 Å². The summed E-state index contributed by atoms with van der Waals surface area (Å²) in [5.41, 5.74) is 4.61. The molecule has 4 rings (SSSR count). The third kappa shape index (κ3) is 5.39. The first-order valence-electron chi connectivity index (χ1n) is 11.4. The van der Waals surface area contributed by atoms with Crippen molar-refractivity contribution >= 4 is 41.2 Å². The molecular weight excluding hydrogens is 476 g/mol. The van der Waals surface area contributed by atoms with Crippen LogP contribution in [-0.4, -0.2) is 17.8 Å². The van der Waals surface area contributed by atoms with E-state index in [-0.39, 0.29) is 11.3 Å². The average molecular weight is 501 g/mol. The quantitative estimate of drug-likeness (QED) is 0.248. The molecule has 4 amide bonds. The highest BCUT2D eigenvalue weighted by Crippen LogP contribution is 2.28. The van der Waals surface area contributed by atoms with Crippen LogP contribution in [-0.2, 0) is 22.6 Å². The van der Waals surface area contributed by atoms with E-state index in [1.165, 1.54) is 17.7 Å². The predicted octanol–water partition coefficient (Wildman–Crippen LogP) is 5.93. The molecule has 3 aromatic carbocycles. The second-order valence-corrected chi connectivity index (χ2v) is 8.93. The number of carbonyl (C=O) groups excluding carboxylic acids is 3. The van der Waals surface area contributed by atoms with E-state index in [9.17, 15) is 14.4 Å². The highest BCUT2D eigenvalue weighted by molar-refractivity contribution is 6.39. The van der Waals surface area contributed by atoms with Crippen LogP contribution in [0.25, 0.3) is 6.08 Å². The van der Waals surface area contributed by atoms with Gasteiger partial charge in [0.25, 0.3) is 11.8 Å². The van der Waals surface area contributed by atoms with E-state index >= 15 is 0 Å². The molecule has 0 radical (unpaired) electrons. The number of barbiturate groups is 1. The van der Waals surface area contributed by atoms with Crippen LogP contribution in [0.3, 0.4) is 0 Å². The predicted molar refractivity (Wildman–Crippen MR) is 141 cm³/mol. The number of hydrogen-bond acceptors (Lipinski definition) is 4. The molecule has 1 N–H and O–H groups in total. The van der Waals surface area contributed by atoms with Crippen molar-refractivity contribution in [2.45, 2.75) is 26.9 Å². The Morgan fingerprint density at radius 1 is 1.00 bits per heavy atom. The topological polar surface area (TPSA) is 75.7 Å². The minimum absolute atomic E-state index is 0.163. The van der Waals surface area contributed by atoms with Crippen molar-refractivity contribution in [3.63, 3.8) is 0 Å². The van der Waals surface area contributed by atoms with Gasteiger partial charge in [-0.05, 0) is 72.9 Å². The Morgan fingerprint density at radius 2 is 1.75 bits per heavy atom. The Kier molecular flexibility index (Phi) is 7.36. The number of ether oxygens (including phenoxy) is 1. The summed E-state index contributed by atoms with van der Waals surface area (Å²) < 4.78 is 6.03. The second-order valence-electron chi connectivity index (χ2n) is 8.53. The number of rotatable bonds is 7. The summed E-state index contributed by atoms with van der Waals surface area (Å²) in [4.78, 5) is 39.1. The van der Waals surface area contributed by atoms with Crippen molar-refractivity contribution in [2.75, 3.05) is 4.90 Å². The van der Waals surface area contributed by atoms with Crippen molar-refractivity contribution in [1.29, 1.82) is 0 Å². The number of hydrogen-bond donors (Lipinski definition) is 1. The fourth-order valence-electron chi connectivity index (χ4n) is 3.77. The number of benzene rings is 3. The molecule has 0 spiro atoms. The molecule has 7 heteroatoms. The zero-order chi connectivity index (χ0) is 25.8. The van der Waals surface area contributed by atoms with Gasteiger partial charge in [0.2, 0.25) is 0 Å². The maximum Gasteiger partial charge on any atom is 0.335 e. The van der Waals surface area contributed by atoms with Gasteiger partial charge >= 0.3 is 6.03 Å².